The second kappa shape index (κ2) is 5.39. The molecular formula is C11H11ClFN3O3S. The number of nitrogens with one attached hydrogen (secondary N) is 2. The smallest absolute Gasteiger partial charge is 0.281 e. The lowest BCUT2D eigenvalue weighted by atomic mass is 10.3. The van der Waals surface area contributed by atoms with Crippen molar-refractivity contribution >= 4 is 27.3 Å². The maximum atomic E-state index is 13.6. The van der Waals surface area contributed by atoms with Crippen LogP contribution in [-0.4, -0.2) is 23.7 Å². The number of hydrogen-bond acceptors (Lipinski definition) is 4. The fourth-order valence-electron chi connectivity index (χ4n) is 1.60. The fourth-order valence-corrected chi connectivity index (χ4v) is 3.02. The second-order valence-corrected chi connectivity index (χ2v) is 6.05. The number of benzene rings is 1. The van der Waals surface area contributed by atoms with Gasteiger partial charge in [0.15, 0.2) is 0 Å². The van der Waals surface area contributed by atoms with Crippen molar-refractivity contribution in [3.05, 3.63) is 40.3 Å². The van der Waals surface area contributed by atoms with Gasteiger partial charge >= 0.3 is 0 Å². The maximum absolute atomic E-state index is 13.6. The first-order chi connectivity index (χ1) is 9.35. The molecule has 1 aromatic heterocycles. The van der Waals surface area contributed by atoms with E-state index in [0.717, 1.165) is 6.07 Å². The van der Waals surface area contributed by atoms with Gasteiger partial charge in [-0.25, -0.2) is 4.39 Å². The Balaban J connectivity index is 2.41. The summed E-state index contributed by atoms with van der Waals surface area (Å²) in [6, 6.07) is 3.54. The standard InChI is InChI=1S/C11H11ClFN3O3S/c1-6-8(5-17)11(15-14-6)20(18,19)16-10-3-2-7(12)4-9(10)13/h2-4,16-17H,5H2,1H3,(H,14,15). The first-order valence-corrected chi connectivity index (χ1v) is 7.34. The van der Waals surface area contributed by atoms with Crippen LogP contribution >= 0.6 is 11.6 Å². The van der Waals surface area contributed by atoms with Gasteiger partial charge in [-0.05, 0) is 25.1 Å². The Hall–Kier alpha value is -1.64. The molecule has 0 radical (unpaired) electrons. The topological polar surface area (TPSA) is 95.1 Å². The van der Waals surface area contributed by atoms with E-state index in [1.807, 2.05) is 0 Å². The third-order valence-electron chi connectivity index (χ3n) is 2.62. The number of hydrogen-bond donors (Lipinski definition) is 3. The molecule has 6 nitrogen and oxygen atoms in total. The van der Waals surface area contributed by atoms with Gasteiger partial charge in [0.25, 0.3) is 10.0 Å². The van der Waals surface area contributed by atoms with Crippen LogP contribution < -0.4 is 4.72 Å². The van der Waals surface area contributed by atoms with Crippen LogP contribution in [0.4, 0.5) is 10.1 Å². The Bertz CT molecular complexity index is 745. The normalized spacial score (nSPS) is 11.6. The Morgan fingerprint density at radius 1 is 1.50 bits per heavy atom. The molecule has 2 aromatic rings. The van der Waals surface area contributed by atoms with Gasteiger partial charge in [-0.1, -0.05) is 11.6 Å². The summed E-state index contributed by atoms with van der Waals surface area (Å²) in [5.74, 6) is -0.807. The summed E-state index contributed by atoms with van der Waals surface area (Å²) in [7, 11) is -4.11. The zero-order valence-corrected chi connectivity index (χ0v) is 11.9. The molecule has 0 aliphatic heterocycles. The number of anilines is 1. The second-order valence-electron chi connectivity index (χ2n) is 4.02. The molecule has 0 aliphatic rings. The number of aromatic amines is 1. The molecule has 108 valence electrons. The highest BCUT2D eigenvalue weighted by Crippen LogP contribution is 2.23. The lowest BCUT2D eigenvalue weighted by Crippen LogP contribution is -2.16. The van der Waals surface area contributed by atoms with E-state index in [2.05, 4.69) is 14.9 Å². The summed E-state index contributed by atoms with van der Waals surface area (Å²) < 4.78 is 39.9. The molecule has 0 amide bonds. The van der Waals surface area contributed by atoms with E-state index in [1.54, 1.807) is 6.92 Å². The summed E-state index contributed by atoms with van der Waals surface area (Å²) in [6.07, 6.45) is 0. The average Bonchev–Trinajstić information content (AvgIpc) is 2.74. The number of rotatable bonds is 4. The van der Waals surface area contributed by atoms with Gasteiger partial charge in [-0.15, -0.1) is 0 Å². The van der Waals surface area contributed by atoms with Crippen molar-refractivity contribution in [3.8, 4) is 0 Å². The number of aromatic nitrogens is 2. The lowest BCUT2D eigenvalue weighted by molar-refractivity contribution is 0.277. The number of aliphatic hydroxyl groups is 1. The number of H-pyrrole nitrogens is 1. The van der Waals surface area contributed by atoms with Crippen LogP contribution in [0.15, 0.2) is 23.2 Å². The van der Waals surface area contributed by atoms with Crippen molar-refractivity contribution in [3.63, 3.8) is 0 Å². The van der Waals surface area contributed by atoms with E-state index in [-0.39, 0.29) is 21.3 Å². The summed E-state index contributed by atoms with van der Waals surface area (Å²) >= 11 is 5.59. The van der Waals surface area contributed by atoms with Crippen molar-refractivity contribution in [2.45, 2.75) is 18.6 Å². The van der Waals surface area contributed by atoms with Crippen molar-refractivity contribution in [1.29, 1.82) is 0 Å². The van der Waals surface area contributed by atoms with Crippen LogP contribution in [-0.2, 0) is 16.6 Å². The minimum atomic E-state index is -4.11. The van der Waals surface area contributed by atoms with E-state index in [9.17, 15) is 12.8 Å². The number of aliphatic hydroxyl groups excluding tert-OH is 1. The molecule has 1 aromatic carbocycles. The van der Waals surface area contributed by atoms with E-state index in [0.29, 0.717) is 5.69 Å². The molecule has 0 atom stereocenters. The van der Waals surface area contributed by atoms with Crippen LogP contribution in [0.5, 0.6) is 0 Å². The minimum Gasteiger partial charge on any atom is -0.392 e. The molecule has 3 N–H and O–H groups in total. The van der Waals surface area contributed by atoms with Crippen LogP contribution in [0.1, 0.15) is 11.3 Å². The highest BCUT2D eigenvalue weighted by atomic mass is 35.5. The third-order valence-corrected chi connectivity index (χ3v) is 4.19. The molecule has 9 heteroatoms. The van der Waals surface area contributed by atoms with Crippen LogP contribution in [0.25, 0.3) is 0 Å². The molecule has 0 fully saturated rings. The summed E-state index contributed by atoms with van der Waals surface area (Å²) in [6.45, 7) is 1.07. The van der Waals surface area contributed by atoms with E-state index < -0.39 is 22.4 Å². The fraction of sp³-hybridized carbons (Fsp3) is 0.182. The van der Waals surface area contributed by atoms with Gasteiger partial charge in [0.05, 0.1) is 12.3 Å². The number of nitrogens with zero attached hydrogens (tertiary/aromatic N) is 1. The zero-order valence-electron chi connectivity index (χ0n) is 10.3. The van der Waals surface area contributed by atoms with Gasteiger partial charge in [-0.3, -0.25) is 9.82 Å². The third kappa shape index (κ3) is 2.77. The van der Waals surface area contributed by atoms with Gasteiger partial charge in [0.2, 0.25) is 5.03 Å². The molecule has 0 bridgehead atoms. The maximum Gasteiger partial charge on any atom is 0.281 e. The molecule has 2 rings (SSSR count). The van der Waals surface area contributed by atoms with Crippen LogP contribution in [0.3, 0.4) is 0 Å². The highest BCUT2D eigenvalue weighted by Gasteiger charge is 2.24. The van der Waals surface area contributed by atoms with E-state index in [1.165, 1.54) is 12.1 Å². The van der Waals surface area contributed by atoms with Crippen molar-refractivity contribution in [1.82, 2.24) is 10.2 Å². The molecular weight excluding hydrogens is 309 g/mol. The Labute approximate surface area is 119 Å². The number of halogens is 2. The van der Waals surface area contributed by atoms with Crippen molar-refractivity contribution in [2.24, 2.45) is 0 Å². The highest BCUT2D eigenvalue weighted by molar-refractivity contribution is 7.92. The van der Waals surface area contributed by atoms with Gasteiger partial charge in [-0.2, -0.15) is 13.5 Å². The first-order valence-electron chi connectivity index (χ1n) is 5.47. The SMILES string of the molecule is Cc1[nH]nc(S(=O)(=O)Nc2ccc(Cl)cc2F)c1CO. The largest absolute Gasteiger partial charge is 0.392 e. The van der Waals surface area contributed by atoms with E-state index in [4.69, 9.17) is 16.7 Å². The monoisotopic (exact) mass is 319 g/mol. The molecule has 0 aliphatic carbocycles. The molecule has 0 saturated carbocycles. The average molecular weight is 320 g/mol. The molecule has 20 heavy (non-hydrogen) atoms. The van der Waals surface area contributed by atoms with Gasteiger partial charge in [0, 0.05) is 16.3 Å². The summed E-state index contributed by atoms with van der Waals surface area (Å²) in [5.41, 5.74) is 0.301. The predicted octanol–water partition coefficient (Wildman–Crippen LogP) is 1.80. The summed E-state index contributed by atoms with van der Waals surface area (Å²) in [4.78, 5) is 0. The van der Waals surface area contributed by atoms with Gasteiger partial charge < -0.3 is 5.11 Å². The molecule has 0 saturated heterocycles. The quantitative estimate of drug-likeness (QED) is 0.801. The molecule has 0 spiro atoms. The van der Waals surface area contributed by atoms with E-state index >= 15 is 0 Å². The van der Waals surface area contributed by atoms with Crippen LogP contribution in [0.2, 0.25) is 5.02 Å². The summed E-state index contributed by atoms with van der Waals surface area (Å²) in [5, 5.41) is 15.0. The Morgan fingerprint density at radius 2 is 2.20 bits per heavy atom. The number of aryl methyl sites for hydroxylation is 1. The first kappa shape index (κ1) is 14.8. The predicted molar refractivity (Wildman–Crippen MR) is 71.5 cm³/mol. The lowest BCUT2D eigenvalue weighted by Gasteiger charge is -2.08. The molecule has 1 heterocycles. The molecule has 0 unspecified atom stereocenters. The van der Waals surface area contributed by atoms with Gasteiger partial charge in [0.1, 0.15) is 5.82 Å². The number of sulfonamides is 1. The zero-order chi connectivity index (χ0) is 14.9. The van der Waals surface area contributed by atoms with Crippen molar-refractivity contribution in [2.75, 3.05) is 4.72 Å². The Kier molecular flexibility index (Phi) is 3.98. The van der Waals surface area contributed by atoms with Crippen LogP contribution in [0, 0.1) is 12.7 Å². The minimum absolute atomic E-state index is 0.131. The Morgan fingerprint density at radius 3 is 2.80 bits per heavy atom. The van der Waals surface area contributed by atoms with Crippen molar-refractivity contribution < 1.29 is 17.9 Å².